The van der Waals surface area contributed by atoms with Crippen molar-refractivity contribution in [3.8, 4) is 11.5 Å². The highest BCUT2D eigenvalue weighted by atomic mass is 16.5. The van der Waals surface area contributed by atoms with Gasteiger partial charge >= 0.3 is 5.69 Å². The van der Waals surface area contributed by atoms with E-state index in [1.165, 1.54) is 0 Å². The summed E-state index contributed by atoms with van der Waals surface area (Å²) >= 11 is 0. The summed E-state index contributed by atoms with van der Waals surface area (Å²) in [7, 11) is 0. The minimum atomic E-state index is -1.00. The Labute approximate surface area is 142 Å². The molecule has 0 saturated heterocycles. The quantitative estimate of drug-likeness (QED) is 0.657. The van der Waals surface area contributed by atoms with Crippen LogP contribution in [0.25, 0.3) is 0 Å². The summed E-state index contributed by atoms with van der Waals surface area (Å²) in [6, 6.07) is 5.38. The highest BCUT2D eigenvalue weighted by Gasteiger charge is 2.26. The molecule has 1 heterocycles. The fraction of sp³-hybridized carbons (Fsp3) is 0.353. The Bertz CT molecular complexity index is 915. The zero-order chi connectivity index (χ0) is 18.0. The van der Waals surface area contributed by atoms with Crippen LogP contribution in [0.2, 0.25) is 0 Å². The first-order valence-corrected chi connectivity index (χ1v) is 8.12. The van der Waals surface area contributed by atoms with Gasteiger partial charge in [-0.05, 0) is 43.4 Å². The summed E-state index contributed by atoms with van der Waals surface area (Å²) in [6.45, 7) is 2.46. The van der Waals surface area contributed by atoms with Gasteiger partial charge in [0.25, 0.3) is 11.5 Å². The normalized spacial score (nSPS) is 16.1. The van der Waals surface area contributed by atoms with Crippen molar-refractivity contribution in [2.75, 3.05) is 6.61 Å². The maximum Gasteiger partial charge on any atom is 0.326 e. The third-order valence-electron chi connectivity index (χ3n) is 4.21. The monoisotopic (exact) mass is 345 g/mol. The maximum atomic E-state index is 12.4. The van der Waals surface area contributed by atoms with E-state index in [4.69, 9.17) is 4.74 Å². The van der Waals surface area contributed by atoms with E-state index in [1.807, 2.05) is 30.1 Å². The van der Waals surface area contributed by atoms with E-state index in [-0.39, 0.29) is 6.04 Å². The van der Waals surface area contributed by atoms with Gasteiger partial charge in [-0.1, -0.05) is 12.1 Å². The number of aromatic nitrogens is 2. The summed E-state index contributed by atoms with van der Waals surface area (Å²) in [5.74, 6) is -0.720. The van der Waals surface area contributed by atoms with Gasteiger partial charge in [0.1, 0.15) is 5.75 Å². The topological polar surface area (TPSA) is 124 Å². The Hall–Kier alpha value is -3.03. The average molecular weight is 345 g/mol. The molecule has 1 aliphatic rings. The second-order valence-electron chi connectivity index (χ2n) is 5.81. The van der Waals surface area contributed by atoms with Crippen molar-refractivity contribution >= 4 is 5.91 Å². The third kappa shape index (κ3) is 3.28. The number of hydrogen-bond acceptors (Lipinski definition) is 5. The second-order valence-corrected chi connectivity index (χ2v) is 5.81. The van der Waals surface area contributed by atoms with E-state index in [0.717, 1.165) is 29.7 Å². The van der Waals surface area contributed by atoms with Crippen molar-refractivity contribution in [2.45, 2.75) is 32.2 Å². The SMILES string of the molecule is CCOc1cccc2c1CCC[C@H]2NC(=O)c1[nH]c(=O)[nH]c(=O)c1O. The van der Waals surface area contributed by atoms with Crippen molar-refractivity contribution in [1.82, 2.24) is 15.3 Å². The molecule has 0 unspecified atom stereocenters. The Kier molecular flexibility index (Phi) is 4.60. The van der Waals surface area contributed by atoms with Crippen molar-refractivity contribution in [1.29, 1.82) is 0 Å². The number of H-pyrrole nitrogens is 2. The first-order chi connectivity index (χ1) is 12.0. The smallest absolute Gasteiger partial charge is 0.326 e. The van der Waals surface area contributed by atoms with Crippen molar-refractivity contribution < 1.29 is 14.6 Å². The number of hydrogen-bond donors (Lipinski definition) is 4. The summed E-state index contributed by atoms with van der Waals surface area (Å²) in [5, 5.41) is 12.5. The van der Waals surface area contributed by atoms with E-state index in [0.29, 0.717) is 13.0 Å². The fourth-order valence-corrected chi connectivity index (χ4v) is 3.13. The molecule has 3 rings (SSSR count). The number of amides is 1. The first-order valence-electron chi connectivity index (χ1n) is 8.12. The van der Waals surface area contributed by atoms with Gasteiger partial charge in [-0.25, -0.2) is 4.79 Å². The molecule has 1 aromatic heterocycles. The van der Waals surface area contributed by atoms with Crippen LogP contribution in [0.4, 0.5) is 0 Å². The Morgan fingerprint density at radius 2 is 2.16 bits per heavy atom. The van der Waals surface area contributed by atoms with Crippen LogP contribution in [0.5, 0.6) is 11.5 Å². The first kappa shape index (κ1) is 16.8. The lowest BCUT2D eigenvalue weighted by Crippen LogP contribution is -2.35. The fourth-order valence-electron chi connectivity index (χ4n) is 3.13. The molecule has 0 spiro atoms. The van der Waals surface area contributed by atoms with E-state index < -0.39 is 28.6 Å². The van der Waals surface area contributed by atoms with Crippen molar-refractivity contribution in [3.05, 3.63) is 55.9 Å². The minimum Gasteiger partial charge on any atom is -0.501 e. The molecule has 0 radical (unpaired) electrons. The summed E-state index contributed by atoms with van der Waals surface area (Å²) in [6.07, 6.45) is 2.42. The van der Waals surface area contributed by atoms with E-state index in [9.17, 15) is 19.5 Å². The molecule has 1 atom stereocenters. The number of benzene rings is 1. The van der Waals surface area contributed by atoms with Gasteiger partial charge in [-0.15, -0.1) is 0 Å². The molecule has 0 saturated carbocycles. The summed E-state index contributed by atoms with van der Waals surface area (Å²) < 4.78 is 5.65. The molecular weight excluding hydrogens is 326 g/mol. The molecule has 8 nitrogen and oxygen atoms in total. The molecule has 0 aliphatic heterocycles. The minimum absolute atomic E-state index is 0.293. The molecule has 1 aliphatic carbocycles. The standard InChI is InChI=1S/C17H19N3O5/c1-2-25-12-8-4-5-9-10(12)6-3-7-11(9)18-15(22)13-14(21)16(23)20-17(24)19-13/h4-5,8,11,21H,2-3,6-7H2,1H3,(H,18,22)(H2,19,20,23,24)/t11-/m1/s1. The van der Waals surface area contributed by atoms with Crippen LogP contribution in [0, 0.1) is 0 Å². The van der Waals surface area contributed by atoms with Gasteiger partial charge in [-0.3, -0.25) is 19.6 Å². The Morgan fingerprint density at radius 1 is 1.36 bits per heavy atom. The number of carbonyl (C=O) groups is 1. The van der Waals surface area contributed by atoms with Crippen LogP contribution in [0.1, 0.15) is 47.4 Å². The van der Waals surface area contributed by atoms with Gasteiger partial charge in [0.05, 0.1) is 12.6 Å². The number of fused-ring (bicyclic) bond motifs is 1. The predicted molar refractivity (Wildman–Crippen MR) is 90.1 cm³/mol. The third-order valence-corrected chi connectivity index (χ3v) is 4.21. The van der Waals surface area contributed by atoms with Crippen molar-refractivity contribution in [2.24, 2.45) is 0 Å². The van der Waals surface area contributed by atoms with Crippen LogP contribution >= 0.6 is 0 Å². The predicted octanol–water partition coefficient (Wildman–Crippen LogP) is 0.975. The molecule has 2 aromatic rings. The molecule has 0 bridgehead atoms. The van der Waals surface area contributed by atoms with Crippen LogP contribution in [0.15, 0.2) is 27.8 Å². The number of ether oxygens (including phenoxy) is 1. The number of rotatable bonds is 4. The van der Waals surface area contributed by atoms with Gasteiger partial charge in [0, 0.05) is 0 Å². The van der Waals surface area contributed by atoms with Gasteiger partial charge < -0.3 is 15.2 Å². The number of aromatic hydroxyl groups is 1. The molecule has 8 heteroatoms. The highest BCUT2D eigenvalue weighted by molar-refractivity contribution is 5.94. The van der Waals surface area contributed by atoms with Gasteiger partial charge in [0.15, 0.2) is 5.69 Å². The van der Waals surface area contributed by atoms with Crippen LogP contribution in [-0.2, 0) is 6.42 Å². The van der Waals surface area contributed by atoms with Crippen LogP contribution in [0.3, 0.4) is 0 Å². The maximum absolute atomic E-state index is 12.4. The number of nitrogens with one attached hydrogen (secondary N) is 3. The number of aromatic amines is 2. The Morgan fingerprint density at radius 3 is 2.92 bits per heavy atom. The zero-order valence-corrected chi connectivity index (χ0v) is 13.7. The number of carbonyl (C=O) groups excluding carboxylic acids is 1. The molecular formula is C17H19N3O5. The highest BCUT2D eigenvalue weighted by Crippen LogP contribution is 2.35. The lowest BCUT2D eigenvalue weighted by Gasteiger charge is -2.27. The van der Waals surface area contributed by atoms with E-state index in [2.05, 4.69) is 10.3 Å². The molecule has 0 fully saturated rings. The van der Waals surface area contributed by atoms with Crippen LogP contribution < -0.4 is 21.3 Å². The zero-order valence-electron chi connectivity index (χ0n) is 13.7. The lowest BCUT2D eigenvalue weighted by molar-refractivity contribution is 0.0923. The molecule has 4 N–H and O–H groups in total. The van der Waals surface area contributed by atoms with Gasteiger partial charge in [-0.2, -0.15) is 0 Å². The molecule has 1 amide bonds. The average Bonchev–Trinajstić information content (AvgIpc) is 2.59. The van der Waals surface area contributed by atoms with E-state index in [1.54, 1.807) is 0 Å². The molecule has 25 heavy (non-hydrogen) atoms. The summed E-state index contributed by atoms with van der Waals surface area (Å²) in [5.41, 5.74) is -0.309. The summed E-state index contributed by atoms with van der Waals surface area (Å²) in [4.78, 5) is 39.3. The van der Waals surface area contributed by atoms with Crippen molar-refractivity contribution in [3.63, 3.8) is 0 Å². The Balaban J connectivity index is 1.91. The van der Waals surface area contributed by atoms with Gasteiger partial charge in [0.2, 0.25) is 5.75 Å². The van der Waals surface area contributed by atoms with Crippen LogP contribution in [-0.4, -0.2) is 27.6 Å². The lowest BCUT2D eigenvalue weighted by atomic mass is 9.87. The van der Waals surface area contributed by atoms with E-state index >= 15 is 0 Å². The largest absolute Gasteiger partial charge is 0.501 e. The molecule has 1 aromatic carbocycles. The second kappa shape index (κ2) is 6.84. The molecule has 132 valence electrons.